The van der Waals surface area contributed by atoms with Gasteiger partial charge in [-0.05, 0) is 12.1 Å². The summed E-state index contributed by atoms with van der Waals surface area (Å²) in [5, 5.41) is 0. The van der Waals surface area contributed by atoms with Crippen molar-refractivity contribution in [3.63, 3.8) is 0 Å². The van der Waals surface area contributed by atoms with Gasteiger partial charge in [-0.25, -0.2) is 8.42 Å². The third kappa shape index (κ3) is 11.3. The van der Waals surface area contributed by atoms with Crippen molar-refractivity contribution in [2.24, 2.45) is 0 Å². The number of rotatable bonds is 15. The van der Waals surface area contributed by atoms with Gasteiger partial charge in [-0.15, -0.1) is 4.83 Å². The molecule has 0 spiro atoms. The molecule has 0 saturated heterocycles. The van der Waals surface area contributed by atoms with Crippen LogP contribution in [0.3, 0.4) is 0 Å². The van der Waals surface area contributed by atoms with Gasteiger partial charge >= 0.3 is 0 Å². The number of hydrogen-bond acceptors (Lipinski definition) is 7. The lowest BCUT2D eigenvalue weighted by molar-refractivity contribution is 0.00554. The first kappa shape index (κ1) is 20.8. The van der Waals surface area contributed by atoms with Gasteiger partial charge in [0.05, 0.1) is 52.0 Å². The maximum absolute atomic E-state index is 11.8. The van der Waals surface area contributed by atoms with E-state index in [0.717, 1.165) is 0 Å². The van der Waals surface area contributed by atoms with Gasteiger partial charge in [0.2, 0.25) is 10.0 Å². The van der Waals surface area contributed by atoms with Crippen molar-refractivity contribution in [3.05, 3.63) is 30.3 Å². The molecular formula is C15H26N2O6S. The summed E-state index contributed by atoms with van der Waals surface area (Å²) in [5.41, 5.74) is 3.30. The van der Waals surface area contributed by atoms with Crippen LogP contribution in [-0.2, 0) is 29.0 Å². The predicted octanol–water partition coefficient (Wildman–Crippen LogP) is 0.629. The number of hydrogen-bond donors (Lipinski definition) is 2. The Morgan fingerprint density at radius 2 is 1.38 bits per heavy atom. The number of methoxy groups -OCH3 is 1. The van der Waals surface area contributed by atoms with Crippen LogP contribution in [0.1, 0.15) is 0 Å². The Bertz CT molecular complexity index is 512. The summed E-state index contributed by atoms with van der Waals surface area (Å²) in [6, 6.07) is 8.98. The molecule has 0 amide bonds. The van der Waals surface area contributed by atoms with E-state index in [1.165, 1.54) is 0 Å². The number of hydrazine groups is 1. The van der Waals surface area contributed by atoms with E-state index in [9.17, 15) is 8.42 Å². The van der Waals surface area contributed by atoms with Gasteiger partial charge in [-0.1, -0.05) is 18.2 Å². The summed E-state index contributed by atoms with van der Waals surface area (Å²) in [6.07, 6.45) is 0. The van der Waals surface area contributed by atoms with Crippen LogP contribution in [0.5, 0.6) is 0 Å². The summed E-state index contributed by atoms with van der Waals surface area (Å²) >= 11 is 0. The molecule has 0 bridgehead atoms. The minimum absolute atomic E-state index is 0.0967. The maximum atomic E-state index is 11.8. The fraction of sp³-hybridized carbons (Fsp3) is 0.600. The molecule has 1 aromatic carbocycles. The number of sulfonamides is 1. The van der Waals surface area contributed by atoms with E-state index in [2.05, 4.69) is 10.3 Å². The fourth-order valence-corrected chi connectivity index (χ4v) is 2.27. The average molecular weight is 362 g/mol. The highest BCUT2D eigenvalue weighted by Gasteiger charge is 2.09. The lowest BCUT2D eigenvalue weighted by atomic mass is 10.3. The molecule has 0 heterocycles. The number of ether oxygens (including phenoxy) is 4. The van der Waals surface area contributed by atoms with Crippen LogP contribution >= 0.6 is 0 Å². The normalized spacial score (nSPS) is 11.5. The van der Waals surface area contributed by atoms with Gasteiger partial charge in [0.1, 0.15) is 0 Å². The smallest absolute Gasteiger partial charge is 0.230 e. The highest BCUT2D eigenvalue weighted by atomic mass is 32.2. The zero-order valence-corrected chi connectivity index (χ0v) is 14.7. The summed E-state index contributed by atoms with van der Waals surface area (Å²) in [7, 11) is -1.83. The molecule has 0 aliphatic rings. The van der Waals surface area contributed by atoms with Crippen LogP contribution in [0, 0.1) is 0 Å². The van der Waals surface area contributed by atoms with Crippen LogP contribution in [0.25, 0.3) is 0 Å². The Hall–Kier alpha value is -1.23. The molecule has 0 aromatic heterocycles. The number of benzene rings is 1. The van der Waals surface area contributed by atoms with E-state index in [1.54, 1.807) is 19.2 Å². The summed E-state index contributed by atoms with van der Waals surface area (Å²) in [5.74, 6) is -0.132. The molecule has 9 heteroatoms. The molecule has 0 fully saturated rings. The SMILES string of the molecule is COCCOCCOCCOCCS(=O)(=O)NNc1ccccc1. The van der Waals surface area contributed by atoms with Gasteiger partial charge < -0.3 is 24.4 Å². The highest BCUT2D eigenvalue weighted by Crippen LogP contribution is 2.03. The molecule has 0 aliphatic heterocycles. The van der Waals surface area contributed by atoms with Crippen LogP contribution in [0.2, 0.25) is 0 Å². The molecule has 0 aliphatic carbocycles. The van der Waals surface area contributed by atoms with Gasteiger partial charge in [-0.2, -0.15) is 0 Å². The minimum atomic E-state index is -3.45. The van der Waals surface area contributed by atoms with Gasteiger partial charge in [0.25, 0.3) is 0 Å². The molecular weight excluding hydrogens is 336 g/mol. The zero-order valence-electron chi connectivity index (χ0n) is 13.9. The molecule has 8 nitrogen and oxygen atoms in total. The minimum Gasteiger partial charge on any atom is -0.382 e. The van der Waals surface area contributed by atoms with E-state index >= 15 is 0 Å². The second-order valence-corrected chi connectivity index (χ2v) is 6.58. The van der Waals surface area contributed by atoms with E-state index < -0.39 is 10.0 Å². The van der Waals surface area contributed by atoms with Crippen molar-refractivity contribution in [3.8, 4) is 0 Å². The Labute approximate surface area is 143 Å². The largest absolute Gasteiger partial charge is 0.382 e. The lowest BCUT2D eigenvalue weighted by Crippen LogP contribution is -2.33. The van der Waals surface area contributed by atoms with E-state index in [4.69, 9.17) is 18.9 Å². The highest BCUT2D eigenvalue weighted by molar-refractivity contribution is 7.89. The van der Waals surface area contributed by atoms with E-state index in [0.29, 0.717) is 45.3 Å². The van der Waals surface area contributed by atoms with Crippen molar-refractivity contribution in [1.29, 1.82) is 0 Å². The second kappa shape index (κ2) is 13.1. The molecule has 0 saturated carbocycles. The van der Waals surface area contributed by atoms with Crippen LogP contribution in [-0.4, -0.2) is 67.5 Å². The fourth-order valence-electron chi connectivity index (χ4n) is 1.56. The van der Waals surface area contributed by atoms with Crippen molar-refractivity contribution in [2.75, 3.05) is 64.5 Å². The quantitative estimate of drug-likeness (QED) is 0.349. The van der Waals surface area contributed by atoms with Crippen molar-refractivity contribution in [2.45, 2.75) is 0 Å². The topological polar surface area (TPSA) is 95.1 Å². The molecule has 138 valence electrons. The average Bonchev–Trinajstić information content (AvgIpc) is 2.59. The Morgan fingerprint density at radius 3 is 1.96 bits per heavy atom. The molecule has 0 radical (unpaired) electrons. The number of para-hydroxylation sites is 1. The lowest BCUT2D eigenvalue weighted by Gasteiger charge is -2.10. The van der Waals surface area contributed by atoms with Crippen LogP contribution in [0.15, 0.2) is 30.3 Å². The van der Waals surface area contributed by atoms with E-state index in [1.807, 2.05) is 18.2 Å². The molecule has 0 atom stereocenters. The molecule has 24 heavy (non-hydrogen) atoms. The van der Waals surface area contributed by atoms with E-state index in [-0.39, 0.29) is 12.4 Å². The first-order chi connectivity index (χ1) is 11.6. The molecule has 2 N–H and O–H groups in total. The molecule has 1 rings (SSSR count). The monoisotopic (exact) mass is 362 g/mol. The first-order valence-electron chi connectivity index (χ1n) is 7.67. The van der Waals surface area contributed by atoms with Crippen LogP contribution < -0.4 is 10.3 Å². The second-order valence-electron chi connectivity index (χ2n) is 4.74. The summed E-state index contributed by atoms with van der Waals surface area (Å²) < 4.78 is 44.1. The molecule has 1 aromatic rings. The predicted molar refractivity (Wildman–Crippen MR) is 91.3 cm³/mol. The zero-order chi connectivity index (χ0) is 17.5. The number of nitrogens with one attached hydrogen (secondary N) is 2. The van der Waals surface area contributed by atoms with Gasteiger partial charge in [-0.3, -0.25) is 0 Å². The summed E-state index contributed by atoms with van der Waals surface area (Å²) in [4.78, 5) is 2.30. The molecule has 0 unspecified atom stereocenters. The van der Waals surface area contributed by atoms with Crippen molar-refractivity contribution < 1.29 is 27.4 Å². The van der Waals surface area contributed by atoms with Crippen molar-refractivity contribution in [1.82, 2.24) is 4.83 Å². The van der Waals surface area contributed by atoms with Crippen molar-refractivity contribution >= 4 is 15.7 Å². The Morgan fingerprint density at radius 1 is 0.833 bits per heavy atom. The third-order valence-electron chi connectivity index (χ3n) is 2.80. The Balaban J connectivity index is 1.96. The van der Waals surface area contributed by atoms with Gasteiger partial charge in [0, 0.05) is 12.8 Å². The van der Waals surface area contributed by atoms with Crippen LogP contribution in [0.4, 0.5) is 5.69 Å². The summed E-state index contributed by atoms with van der Waals surface area (Å²) in [6.45, 7) is 2.88. The van der Waals surface area contributed by atoms with Gasteiger partial charge in [0.15, 0.2) is 0 Å². The number of anilines is 1. The standard InChI is InChI=1S/C15H26N2O6S/c1-20-7-8-21-9-10-22-11-12-23-13-14-24(18,19)17-16-15-5-3-2-4-6-15/h2-6,16-17H,7-14H2,1H3. The first-order valence-corrected chi connectivity index (χ1v) is 9.32. The Kier molecular flexibility index (Phi) is 11.4. The maximum Gasteiger partial charge on any atom is 0.230 e. The third-order valence-corrected chi connectivity index (χ3v) is 3.91.